The number of hydrogen-bond donors (Lipinski definition) is 0. The minimum absolute atomic E-state index is 1.28. The maximum absolute atomic E-state index is 4.17. The Balaban J connectivity index is 3.13. The van der Waals surface area contributed by atoms with Gasteiger partial charge in [-0.25, -0.2) is 0 Å². The molecule has 0 N–H and O–H groups in total. The van der Waals surface area contributed by atoms with Crippen LogP contribution in [0.5, 0.6) is 0 Å². The van der Waals surface area contributed by atoms with Crippen LogP contribution in [0.2, 0.25) is 0 Å². The van der Waals surface area contributed by atoms with Crippen LogP contribution < -0.4 is 0 Å². The lowest BCUT2D eigenvalue weighted by Crippen LogP contribution is -1.54. The number of aromatic nitrogens is 2. The fourth-order valence-electron chi connectivity index (χ4n) is 0.118. The van der Waals surface area contributed by atoms with Crippen molar-refractivity contribution in [3.8, 4) is 0 Å². The molecule has 1 rings (SSSR count). The van der Waals surface area contributed by atoms with Gasteiger partial charge < -0.3 is 15.8 Å². The Labute approximate surface area is 28.6 Å². The molecule has 3 nitrogen and oxygen atoms in total. The molecule has 0 atom stereocenters. The Morgan fingerprint density at radius 3 is 3.00 bits per heavy atom. The minimum atomic E-state index is 1.28. The normalized spacial score (nSPS) is 8.00. The van der Waals surface area contributed by atoms with Crippen molar-refractivity contribution in [2.45, 2.75) is 0 Å². The van der Waals surface area contributed by atoms with Crippen molar-refractivity contribution >= 4 is 0 Å². The van der Waals surface area contributed by atoms with Crippen LogP contribution in [0.25, 0.3) is 0 Å². The Hall–Kier alpha value is -0.860. The molecule has 0 aliphatic heterocycles. The molecule has 0 amide bonds. The molecule has 0 bridgehead atoms. The third-order valence-corrected chi connectivity index (χ3v) is 0.251. The Morgan fingerprint density at radius 2 is 2.80 bits per heavy atom. The average molecular weight is 69.0 g/mol. The highest BCUT2D eigenvalue weighted by Crippen LogP contribution is 1.62. The molecule has 0 spiro atoms. The summed E-state index contributed by atoms with van der Waals surface area (Å²) in [6.07, 6.45) is 3.61. The third kappa shape index (κ3) is 0.238. The van der Waals surface area contributed by atoms with Crippen LogP contribution in [0.15, 0.2) is 10.8 Å². The van der Waals surface area contributed by atoms with E-state index in [1.807, 2.05) is 0 Å². The molecule has 3 heteroatoms. The molecular weight excluding hydrogens is 68.0 g/mol. The van der Waals surface area contributed by atoms with E-state index in [9.17, 15) is 0 Å². The van der Waals surface area contributed by atoms with Gasteiger partial charge in [0.15, 0.2) is 0 Å². The molecule has 0 aliphatic rings. The Morgan fingerprint density at radius 1 is 1.80 bits per heavy atom. The van der Waals surface area contributed by atoms with Gasteiger partial charge in [-0.05, 0) is 11.5 Å². The van der Waals surface area contributed by atoms with E-state index >= 15 is 0 Å². The van der Waals surface area contributed by atoms with Crippen molar-refractivity contribution in [1.29, 1.82) is 0 Å². The van der Waals surface area contributed by atoms with E-state index in [-0.39, 0.29) is 0 Å². The summed E-state index contributed by atoms with van der Waals surface area (Å²) in [5.74, 6) is 0. The highest BCUT2D eigenvalue weighted by atomic mass is 16.5. The zero-order valence-corrected chi connectivity index (χ0v) is 2.38. The maximum Gasteiger partial charge on any atom is -0.00997 e. The monoisotopic (exact) mass is 69.0 g/mol. The molecule has 0 saturated heterocycles. The molecule has 0 aliphatic carbocycles. The topological polar surface area (TPSA) is 38.9 Å². The van der Waals surface area contributed by atoms with E-state index in [2.05, 4.69) is 21.1 Å². The first kappa shape index (κ1) is 2.38. The summed E-state index contributed by atoms with van der Waals surface area (Å²) in [6, 6.07) is 0. The summed E-state index contributed by atoms with van der Waals surface area (Å²) >= 11 is 0. The summed E-state index contributed by atoms with van der Waals surface area (Å²) in [6.45, 7) is 0. The zero-order chi connectivity index (χ0) is 3.54. The second-order valence-electron chi connectivity index (χ2n) is 0.534. The predicted molar refractivity (Wildman–Crippen MR) is 13.1 cm³/mol. The quantitative estimate of drug-likeness (QED) is 0.398. The first-order valence-electron chi connectivity index (χ1n) is 1.13. The van der Waals surface area contributed by atoms with Crippen LogP contribution in [-0.2, 0) is 0 Å². The molecule has 0 saturated carbocycles. The van der Waals surface area contributed by atoms with Crippen LogP contribution >= 0.6 is 0 Å². The standard InChI is InChI=1S/C2HN2O/c1-2-5-4-3-1/h2H/q-1. The van der Waals surface area contributed by atoms with Crippen LogP contribution in [0.4, 0.5) is 0 Å². The Kier molecular flexibility index (Phi) is 0.400. The summed E-state index contributed by atoms with van der Waals surface area (Å²) in [4.78, 5) is 0. The first-order chi connectivity index (χ1) is 2.50. The number of rotatable bonds is 0. The van der Waals surface area contributed by atoms with Gasteiger partial charge in [0.05, 0.1) is 0 Å². The predicted octanol–water partition coefficient (Wildman–Crippen LogP) is -0.130. The van der Waals surface area contributed by atoms with Crippen molar-refractivity contribution in [1.82, 2.24) is 10.4 Å². The largest absolute Gasteiger partial charge is 0.386 e. The molecule has 1 heterocycles. The maximum atomic E-state index is 4.17. The van der Waals surface area contributed by atoms with Gasteiger partial charge in [0.1, 0.15) is 0 Å². The van der Waals surface area contributed by atoms with Crippen molar-refractivity contribution in [2.24, 2.45) is 0 Å². The highest BCUT2D eigenvalue weighted by molar-refractivity contribution is 4.43. The molecule has 0 unspecified atom stereocenters. The molecule has 1 aromatic heterocycles. The van der Waals surface area contributed by atoms with Crippen LogP contribution in [0.1, 0.15) is 0 Å². The molecule has 5 heavy (non-hydrogen) atoms. The van der Waals surface area contributed by atoms with Crippen molar-refractivity contribution in [3.05, 3.63) is 12.5 Å². The number of hydrogen-bond acceptors (Lipinski definition) is 3. The van der Waals surface area contributed by atoms with Gasteiger partial charge in [-0.3, -0.25) is 0 Å². The van der Waals surface area contributed by atoms with Gasteiger partial charge in [-0.15, -0.1) is 0 Å². The van der Waals surface area contributed by atoms with E-state index in [1.54, 1.807) is 0 Å². The second-order valence-corrected chi connectivity index (χ2v) is 0.534. The lowest BCUT2D eigenvalue weighted by atomic mass is 11.0. The fraction of sp³-hybridized carbons (Fsp3) is 0. The van der Waals surface area contributed by atoms with Crippen molar-refractivity contribution in [2.75, 3.05) is 0 Å². The van der Waals surface area contributed by atoms with Gasteiger partial charge in [0, 0.05) is 0 Å². The zero-order valence-electron chi connectivity index (χ0n) is 2.38. The minimum Gasteiger partial charge on any atom is -0.386 e. The molecular formula is C2HN2O-. The number of nitrogens with zero attached hydrogens (tertiary/aromatic N) is 2. The highest BCUT2D eigenvalue weighted by Gasteiger charge is 1.43. The average Bonchev–Trinajstić information content (AvgIpc) is 1.76. The Bertz CT molecular complexity index is 64.1. The fourth-order valence-corrected chi connectivity index (χ4v) is 0.118. The molecule has 0 aromatic carbocycles. The van der Waals surface area contributed by atoms with E-state index in [0.717, 1.165) is 0 Å². The van der Waals surface area contributed by atoms with Crippen LogP contribution in [-0.4, -0.2) is 10.4 Å². The van der Waals surface area contributed by atoms with Gasteiger partial charge >= 0.3 is 0 Å². The third-order valence-electron chi connectivity index (χ3n) is 0.251. The van der Waals surface area contributed by atoms with E-state index in [4.69, 9.17) is 0 Å². The van der Waals surface area contributed by atoms with Gasteiger partial charge in [0.2, 0.25) is 0 Å². The van der Waals surface area contributed by atoms with Crippen molar-refractivity contribution < 1.29 is 4.52 Å². The summed E-state index contributed by atoms with van der Waals surface area (Å²) in [5.41, 5.74) is 0. The van der Waals surface area contributed by atoms with E-state index < -0.39 is 0 Å². The lowest BCUT2D eigenvalue weighted by Gasteiger charge is -1.57. The van der Waals surface area contributed by atoms with Crippen LogP contribution in [0, 0.1) is 6.20 Å². The molecule has 0 fully saturated rings. The molecule has 1 aromatic rings. The second kappa shape index (κ2) is 0.839. The van der Waals surface area contributed by atoms with Gasteiger partial charge in [0.25, 0.3) is 0 Å². The van der Waals surface area contributed by atoms with Gasteiger partial charge in [-0.1, -0.05) is 0 Å². The summed E-state index contributed by atoms with van der Waals surface area (Å²) in [5, 5.41) is 6.22. The first-order valence-corrected chi connectivity index (χ1v) is 1.13. The molecule has 26 valence electrons. The van der Waals surface area contributed by atoms with E-state index in [0.29, 0.717) is 0 Å². The van der Waals surface area contributed by atoms with Gasteiger partial charge in [-0.2, -0.15) is 0 Å². The van der Waals surface area contributed by atoms with Crippen molar-refractivity contribution in [3.63, 3.8) is 0 Å². The summed E-state index contributed by atoms with van der Waals surface area (Å²) < 4.78 is 4.17. The lowest BCUT2D eigenvalue weighted by molar-refractivity contribution is 0.393. The molecule has 0 radical (unpaired) electrons. The SMILES string of the molecule is [c-]1conn1. The van der Waals surface area contributed by atoms with Crippen LogP contribution in [0.3, 0.4) is 0 Å². The summed E-state index contributed by atoms with van der Waals surface area (Å²) in [7, 11) is 0. The smallest absolute Gasteiger partial charge is 0.00997 e. The van der Waals surface area contributed by atoms with E-state index in [1.165, 1.54) is 6.26 Å².